The maximum Gasteiger partial charge on any atom is 0.181 e. The third-order valence-electron chi connectivity index (χ3n) is 4.57. The molecule has 0 spiro atoms. The van der Waals surface area contributed by atoms with Gasteiger partial charge in [0.25, 0.3) is 0 Å². The quantitative estimate of drug-likeness (QED) is 0.453. The van der Waals surface area contributed by atoms with Gasteiger partial charge >= 0.3 is 0 Å². The molecule has 0 saturated heterocycles. The number of hydrogen-bond acceptors (Lipinski definition) is 6. The van der Waals surface area contributed by atoms with Crippen LogP contribution >= 0.6 is 11.3 Å². The molecule has 0 unspecified atom stereocenters. The smallest absolute Gasteiger partial charge is 0.181 e. The topological polar surface area (TPSA) is 73.1 Å². The lowest BCUT2D eigenvalue weighted by Gasteiger charge is -2.09. The summed E-state index contributed by atoms with van der Waals surface area (Å²) in [5, 5.41) is 3.94. The molecule has 4 aromatic rings. The third kappa shape index (κ3) is 4.38. The minimum atomic E-state index is 0.555. The fourth-order valence-corrected chi connectivity index (χ4v) is 4.01. The number of aromatic nitrogens is 2. The lowest BCUT2D eigenvalue weighted by Crippen LogP contribution is -2.01. The number of nitrogens with two attached hydrogens (primary N) is 1. The summed E-state index contributed by atoms with van der Waals surface area (Å²) in [6.45, 7) is 2.73. The van der Waals surface area contributed by atoms with Crippen molar-refractivity contribution < 1.29 is 4.74 Å². The molecule has 0 amide bonds. The molecule has 29 heavy (non-hydrogen) atoms. The zero-order chi connectivity index (χ0) is 20.2. The monoisotopic (exact) mass is 402 g/mol. The number of anilines is 2. The van der Waals surface area contributed by atoms with E-state index in [1.165, 1.54) is 16.9 Å². The molecular weight excluding hydrogens is 380 g/mol. The van der Waals surface area contributed by atoms with Crippen LogP contribution in [0.2, 0.25) is 0 Å². The van der Waals surface area contributed by atoms with Crippen LogP contribution in [-0.2, 0) is 6.54 Å². The third-order valence-corrected chi connectivity index (χ3v) is 5.50. The molecule has 0 aliphatic rings. The molecule has 0 aliphatic heterocycles. The Balaban J connectivity index is 1.61. The lowest BCUT2D eigenvalue weighted by molar-refractivity contribution is 0.414. The molecule has 2 aromatic heterocycles. The Morgan fingerprint density at radius 2 is 1.90 bits per heavy atom. The summed E-state index contributed by atoms with van der Waals surface area (Å²) in [5.74, 6) is 1.64. The predicted octanol–water partition coefficient (Wildman–Crippen LogP) is 5.38. The van der Waals surface area contributed by atoms with Gasteiger partial charge in [0.05, 0.1) is 17.7 Å². The van der Waals surface area contributed by atoms with E-state index in [4.69, 9.17) is 10.5 Å². The van der Waals surface area contributed by atoms with E-state index in [0.717, 1.165) is 38.8 Å². The SMILES string of the molecule is COc1cccc(CNc2cc(-c3sc(N)nc3-c3cccc(C)c3)ccn2)c1. The molecule has 146 valence electrons. The number of pyridine rings is 1. The van der Waals surface area contributed by atoms with E-state index in [-0.39, 0.29) is 0 Å². The van der Waals surface area contributed by atoms with Crippen LogP contribution in [0.1, 0.15) is 11.1 Å². The van der Waals surface area contributed by atoms with Gasteiger partial charge in [-0.15, -0.1) is 0 Å². The Kier molecular flexibility index (Phi) is 5.44. The Hall–Kier alpha value is -3.38. The number of nitrogens with zero attached hydrogens (tertiary/aromatic N) is 2. The molecule has 0 saturated carbocycles. The molecule has 0 fully saturated rings. The average molecular weight is 403 g/mol. The van der Waals surface area contributed by atoms with Crippen molar-refractivity contribution in [3.63, 3.8) is 0 Å². The van der Waals surface area contributed by atoms with Gasteiger partial charge in [0, 0.05) is 18.3 Å². The van der Waals surface area contributed by atoms with Crippen LogP contribution in [-0.4, -0.2) is 17.1 Å². The summed E-state index contributed by atoms with van der Waals surface area (Å²) in [6.07, 6.45) is 1.80. The second kappa shape index (κ2) is 8.32. The predicted molar refractivity (Wildman–Crippen MR) is 120 cm³/mol. The molecule has 2 heterocycles. The first-order valence-electron chi connectivity index (χ1n) is 9.29. The van der Waals surface area contributed by atoms with E-state index in [0.29, 0.717) is 11.7 Å². The molecule has 2 aromatic carbocycles. The van der Waals surface area contributed by atoms with Gasteiger partial charge in [0.1, 0.15) is 11.6 Å². The van der Waals surface area contributed by atoms with Crippen LogP contribution in [0, 0.1) is 6.92 Å². The molecule has 0 radical (unpaired) electrons. The number of thiazole rings is 1. The van der Waals surface area contributed by atoms with Crippen LogP contribution in [0.15, 0.2) is 66.9 Å². The number of aryl methyl sites for hydroxylation is 1. The highest BCUT2D eigenvalue weighted by molar-refractivity contribution is 7.19. The van der Waals surface area contributed by atoms with Crippen molar-refractivity contribution in [2.75, 3.05) is 18.2 Å². The maximum atomic E-state index is 6.06. The van der Waals surface area contributed by atoms with Gasteiger partial charge in [-0.2, -0.15) is 0 Å². The van der Waals surface area contributed by atoms with E-state index in [2.05, 4.69) is 46.5 Å². The summed E-state index contributed by atoms with van der Waals surface area (Å²) in [7, 11) is 1.67. The highest BCUT2D eigenvalue weighted by Crippen LogP contribution is 2.38. The van der Waals surface area contributed by atoms with Crippen LogP contribution in [0.25, 0.3) is 21.7 Å². The molecule has 3 N–H and O–H groups in total. The first-order chi connectivity index (χ1) is 14.1. The molecule has 5 nitrogen and oxygen atoms in total. The van der Waals surface area contributed by atoms with Crippen LogP contribution in [0.4, 0.5) is 10.9 Å². The van der Waals surface area contributed by atoms with E-state index >= 15 is 0 Å². The van der Waals surface area contributed by atoms with E-state index in [1.54, 1.807) is 13.3 Å². The minimum absolute atomic E-state index is 0.555. The number of methoxy groups -OCH3 is 1. The summed E-state index contributed by atoms with van der Waals surface area (Å²) in [6, 6.07) is 20.3. The lowest BCUT2D eigenvalue weighted by atomic mass is 10.1. The summed E-state index contributed by atoms with van der Waals surface area (Å²) in [5.41, 5.74) is 11.4. The summed E-state index contributed by atoms with van der Waals surface area (Å²) in [4.78, 5) is 10.1. The van der Waals surface area contributed by atoms with Crippen LogP contribution in [0.5, 0.6) is 5.75 Å². The molecule has 0 bridgehead atoms. The van der Waals surface area contributed by atoms with Crippen molar-refractivity contribution in [2.24, 2.45) is 0 Å². The number of benzene rings is 2. The van der Waals surface area contributed by atoms with Gasteiger partial charge in [-0.3, -0.25) is 0 Å². The van der Waals surface area contributed by atoms with Crippen LogP contribution in [0.3, 0.4) is 0 Å². The van der Waals surface area contributed by atoms with Gasteiger partial charge in [0.15, 0.2) is 5.13 Å². The van der Waals surface area contributed by atoms with E-state index in [9.17, 15) is 0 Å². The number of nitrogens with one attached hydrogen (secondary N) is 1. The van der Waals surface area contributed by atoms with Gasteiger partial charge in [-0.05, 0) is 48.4 Å². The van der Waals surface area contributed by atoms with E-state index < -0.39 is 0 Å². The maximum absolute atomic E-state index is 6.06. The Bertz CT molecular complexity index is 1140. The van der Waals surface area contributed by atoms with Crippen LogP contribution < -0.4 is 15.8 Å². The number of rotatable bonds is 6. The summed E-state index contributed by atoms with van der Waals surface area (Å²) >= 11 is 1.49. The molecule has 6 heteroatoms. The zero-order valence-corrected chi connectivity index (χ0v) is 17.2. The number of nitrogen functional groups attached to an aromatic ring is 1. The Morgan fingerprint density at radius 3 is 2.72 bits per heavy atom. The van der Waals surface area contributed by atoms with Crippen molar-refractivity contribution in [3.05, 3.63) is 78.0 Å². The van der Waals surface area contributed by atoms with Gasteiger partial charge < -0.3 is 15.8 Å². The molecule has 0 atom stereocenters. The van der Waals surface area contributed by atoms with Gasteiger partial charge in [-0.25, -0.2) is 9.97 Å². The van der Waals surface area contributed by atoms with Gasteiger partial charge in [-0.1, -0.05) is 47.2 Å². The first kappa shape index (κ1) is 19.0. The standard InChI is InChI=1S/C23H22N4OS/c1-15-5-3-7-17(11-15)21-22(29-23(24)27-21)18-9-10-25-20(13-18)26-14-16-6-4-8-19(12-16)28-2/h3-13H,14H2,1-2H3,(H2,24,27)(H,25,26). The molecule has 0 aliphatic carbocycles. The van der Waals surface area contributed by atoms with Crippen molar-refractivity contribution in [1.82, 2.24) is 9.97 Å². The largest absolute Gasteiger partial charge is 0.497 e. The van der Waals surface area contributed by atoms with Crippen molar-refractivity contribution in [1.29, 1.82) is 0 Å². The Labute approximate surface area is 174 Å². The van der Waals surface area contributed by atoms with Gasteiger partial charge in [0.2, 0.25) is 0 Å². The second-order valence-electron chi connectivity index (χ2n) is 6.73. The minimum Gasteiger partial charge on any atom is -0.497 e. The average Bonchev–Trinajstić information content (AvgIpc) is 3.14. The highest BCUT2D eigenvalue weighted by Gasteiger charge is 2.14. The van der Waals surface area contributed by atoms with Crippen molar-refractivity contribution >= 4 is 22.3 Å². The second-order valence-corrected chi connectivity index (χ2v) is 7.76. The fourth-order valence-electron chi connectivity index (χ4n) is 3.16. The highest BCUT2D eigenvalue weighted by atomic mass is 32.1. The summed E-state index contributed by atoms with van der Waals surface area (Å²) < 4.78 is 5.29. The fraction of sp³-hybridized carbons (Fsp3) is 0.130. The van der Waals surface area contributed by atoms with E-state index in [1.807, 2.05) is 36.4 Å². The van der Waals surface area contributed by atoms with Crippen molar-refractivity contribution in [2.45, 2.75) is 13.5 Å². The molecule has 4 rings (SSSR count). The number of hydrogen-bond donors (Lipinski definition) is 2. The molecular formula is C23H22N4OS. The van der Waals surface area contributed by atoms with Crippen molar-refractivity contribution in [3.8, 4) is 27.4 Å². The Morgan fingerprint density at radius 1 is 1.03 bits per heavy atom. The number of ether oxygens (including phenoxy) is 1. The zero-order valence-electron chi connectivity index (χ0n) is 16.3. The first-order valence-corrected chi connectivity index (χ1v) is 10.1. The normalized spacial score (nSPS) is 10.7.